The molecule has 0 aromatic rings. The predicted octanol–water partition coefficient (Wildman–Crippen LogP) is 19.0. The van der Waals surface area contributed by atoms with Gasteiger partial charge in [-0.05, 0) is 96.3 Å². The van der Waals surface area contributed by atoms with Gasteiger partial charge in [0.1, 0.15) is 13.2 Å². The van der Waals surface area contributed by atoms with Crippen LogP contribution >= 0.6 is 0 Å². The Labute approximate surface area is 484 Å². The number of esters is 2. The van der Waals surface area contributed by atoms with Crippen molar-refractivity contribution < 1.29 is 42.9 Å². The van der Waals surface area contributed by atoms with Crippen LogP contribution in [0.5, 0.6) is 0 Å². The van der Waals surface area contributed by atoms with Gasteiger partial charge in [-0.2, -0.15) is 0 Å². The monoisotopic (exact) mass is 1100 g/mol. The molecular weight excluding hydrogens is 983 g/mol. The minimum Gasteiger partial charge on any atom is -0.477 e. The molecule has 0 aliphatic carbocycles. The van der Waals surface area contributed by atoms with Gasteiger partial charge in [-0.3, -0.25) is 9.59 Å². The quantitative estimate of drug-likeness (QED) is 0.0211. The summed E-state index contributed by atoms with van der Waals surface area (Å²) >= 11 is 0. The summed E-state index contributed by atoms with van der Waals surface area (Å²) in [6.07, 6.45) is 83.1. The van der Waals surface area contributed by atoms with Gasteiger partial charge in [0.2, 0.25) is 0 Å². The zero-order valence-electron chi connectivity index (χ0n) is 51.0. The van der Waals surface area contributed by atoms with E-state index in [2.05, 4.69) is 135 Å². The number of quaternary nitrogens is 1. The first kappa shape index (κ1) is 74.4. The van der Waals surface area contributed by atoms with Crippen molar-refractivity contribution in [3.8, 4) is 0 Å². The van der Waals surface area contributed by atoms with Crippen LogP contribution in [0.2, 0.25) is 0 Å². The number of carbonyl (C=O) groups excluding carboxylic acids is 2. The third kappa shape index (κ3) is 60.9. The molecule has 1 N–H and O–H groups in total. The van der Waals surface area contributed by atoms with Crippen LogP contribution in [0.25, 0.3) is 0 Å². The van der Waals surface area contributed by atoms with Crippen molar-refractivity contribution in [1.82, 2.24) is 0 Å². The second kappa shape index (κ2) is 59.5. The van der Waals surface area contributed by atoms with E-state index in [1.54, 1.807) is 0 Å². The minimum absolute atomic E-state index is 0.173. The molecule has 0 bridgehead atoms. The SMILES string of the molecule is CC/C=C\C/C=C\C/C=C\C/C=C\C/C=C\C/C=C\C/C=C\CCCCCCCCCCCCCCCCCCCCCC(=O)OC(COC(=O)CC/C=C\C/C=C\C/C=C\C/C=C\CC)COC(OCC[N+](C)(C)C)C(=O)O. The number of rotatable bonds is 56. The number of carbonyl (C=O) groups is 3. The third-order valence-corrected chi connectivity index (χ3v) is 12.9. The Balaban J connectivity index is 4.03. The minimum atomic E-state index is -1.53. The van der Waals surface area contributed by atoms with Gasteiger partial charge in [0.25, 0.3) is 6.29 Å². The number of ether oxygens (including phenoxy) is 4. The molecule has 0 saturated heterocycles. The van der Waals surface area contributed by atoms with E-state index in [1.807, 2.05) is 33.3 Å². The molecule has 448 valence electrons. The van der Waals surface area contributed by atoms with Gasteiger partial charge < -0.3 is 28.5 Å². The summed E-state index contributed by atoms with van der Waals surface area (Å²) in [4.78, 5) is 37.3. The number of carboxylic acid groups (broad SMARTS) is 1. The average molecular weight is 1100 g/mol. The van der Waals surface area contributed by atoms with Crippen molar-refractivity contribution in [2.75, 3.05) is 47.5 Å². The fourth-order valence-electron chi connectivity index (χ4n) is 8.18. The maximum Gasteiger partial charge on any atom is 0.361 e. The second-order valence-corrected chi connectivity index (χ2v) is 21.6. The van der Waals surface area contributed by atoms with Crippen molar-refractivity contribution in [2.45, 2.75) is 245 Å². The van der Waals surface area contributed by atoms with Gasteiger partial charge in [-0.25, -0.2) is 4.79 Å². The molecule has 0 radical (unpaired) electrons. The Morgan fingerprint density at radius 3 is 1.06 bits per heavy atom. The lowest BCUT2D eigenvalue weighted by Crippen LogP contribution is -2.40. The lowest BCUT2D eigenvalue weighted by Gasteiger charge is -2.25. The summed E-state index contributed by atoms with van der Waals surface area (Å²) in [5.41, 5.74) is 0. The van der Waals surface area contributed by atoms with Gasteiger partial charge in [0, 0.05) is 12.8 Å². The van der Waals surface area contributed by atoms with E-state index in [1.165, 1.54) is 103 Å². The lowest BCUT2D eigenvalue weighted by atomic mass is 10.0. The fraction of sp³-hybridized carbons (Fsp3) is 0.643. The number of hydrogen-bond donors (Lipinski definition) is 1. The van der Waals surface area contributed by atoms with E-state index in [0.29, 0.717) is 23.9 Å². The predicted molar refractivity (Wildman–Crippen MR) is 336 cm³/mol. The van der Waals surface area contributed by atoms with Crippen LogP contribution in [0.15, 0.2) is 134 Å². The molecular formula is C70H116NO8+. The largest absolute Gasteiger partial charge is 0.477 e. The lowest BCUT2D eigenvalue weighted by molar-refractivity contribution is -0.870. The zero-order chi connectivity index (χ0) is 57.6. The van der Waals surface area contributed by atoms with Gasteiger partial charge in [0.05, 0.1) is 34.4 Å². The summed E-state index contributed by atoms with van der Waals surface area (Å²) in [5.74, 6) is -2.12. The van der Waals surface area contributed by atoms with Crippen LogP contribution in [0.3, 0.4) is 0 Å². The van der Waals surface area contributed by atoms with Crippen molar-refractivity contribution in [2.24, 2.45) is 0 Å². The number of nitrogens with zero attached hydrogens (tertiary/aromatic N) is 1. The molecule has 0 aliphatic heterocycles. The average Bonchev–Trinajstić information content (AvgIpc) is 3.42. The summed E-state index contributed by atoms with van der Waals surface area (Å²) in [5, 5.41) is 9.69. The second-order valence-electron chi connectivity index (χ2n) is 21.6. The highest BCUT2D eigenvalue weighted by Crippen LogP contribution is 2.16. The highest BCUT2D eigenvalue weighted by atomic mass is 16.7. The van der Waals surface area contributed by atoms with Crippen molar-refractivity contribution in [3.63, 3.8) is 0 Å². The van der Waals surface area contributed by atoms with E-state index < -0.39 is 30.3 Å². The summed E-state index contributed by atoms with van der Waals surface area (Å²) < 4.78 is 22.7. The highest BCUT2D eigenvalue weighted by molar-refractivity contribution is 5.71. The van der Waals surface area contributed by atoms with Gasteiger partial charge in [0.15, 0.2) is 6.10 Å². The Hall–Kier alpha value is -4.57. The Morgan fingerprint density at radius 2 is 0.709 bits per heavy atom. The van der Waals surface area contributed by atoms with Crippen molar-refractivity contribution >= 4 is 17.9 Å². The Kier molecular flexibility index (Phi) is 56.1. The Morgan fingerprint density at radius 1 is 0.380 bits per heavy atom. The van der Waals surface area contributed by atoms with Crippen molar-refractivity contribution in [1.29, 1.82) is 0 Å². The summed E-state index contributed by atoms with van der Waals surface area (Å²) in [6, 6.07) is 0. The molecule has 0 saturated carbocycles. The molecule has 2 atom stereocenters. The molecule has 0 aromatic carbocycles. The molecule has 2 unspecified atom stereocenters. The Bertz CT molecular complexity index is 1750. The molecule has 0 rings (SSSR count). The summed E-state index contributed by atoms with van der Waals surface area (Å²) in [7, 11) is 5.94. The fourth-order valence-corrected chi connectivity index (χ4v) is 8.18. The van der Waals surface area contributed by atoms with E-state index in [9.17, 15) is 19.5 Å². The van der Waals surface area contributed by atoms with E-state index in [-0.39, 0.29) is 32.7 Å². The molecule has 0 aliphatic rings. The van der Waals surface area contributed by atoms with Crippen LogP contribution < -0.4 is 0 Å². The van der Waals surface area contributed by atoms with Crippen LogP contribution in [-0.4, -0.2) is 87.4 Å². The van der Waals surface area contributed by atoms with E-state index in [0.717, 1.165) is 89.9 Å². The van der Waals surface area contributed by atoms with Gasteiger partial charge >= 0.3 is 17.9 Å². The maximum atomic E-state index is 12.9. The normalized spacial score (nSPS) is 13.7. The maximum absolute atomic E-state index is 12.9. The first-order valence-electron chi connectivity index (χ1n) is 31.3. The van der Waals surface area contributed by atoms with Crippen LogP contribution in [0, 0.1) is 0 Å². The molecule has 9 heteroatoms. The van der Waals surface area contributed by atoms with Gasteiger partial charge in [-0.1, -0.05) is 257 Å². The molecule has 9 nitrogen and oxygen atoms in total. The highest BCUT2D eigenvalue weighted by Gasteiger charge is 2.25. The standard InChI is InChI=1S/C70H115NO8/c1-6-8-10-12-14-16-18-20-21-22-23-24-25-26-27-28-29-30-31-32-33-34-35-36-37-38-39-40-41-42-43-44-45-46-47-49-51-53-55-57-59-61-68(73)79-66(65-78-70(69(74)75)76-63-62-71(3,4)5)64-77-67(72)60-58-56-54-52-50-48-19-17-15-13-11-9-7-2/h8-11,14-17,20-21,23-24,26-27,29-30,32-33,48,50,54,56,66,70H,6-7,12-13,18-19,22,25,28,31,34-47,49,51-53,55,57-65H2,1-5H3/p+1/b10-8-,11-9-,16-14-,17-15-,21-20-,24-23-,27-26-,30-29-,33-32-,50-48-,56-54-. The molecule has 0 amide bonds. The summed E-state index contributed by atoms with van der Waals surface area (Å²) in [6.45, 7) is 4.55. The zero-order valence-corrected chi connectivity index (χ0v) is 51.0. The van der Waals surface area contributed by atoms with Crippen LogP contribution in [0.1, 0.15) is 232 Å². The number of allylic oxidation sites excluding steroid dienone is 22. The number of likely N-dealkylation sites (N-methyl/N-ethyl adjacent to an activating group) is 1. The number of hydrogen-bond acceptors (Lipinski definition) is 7. The first-order valence-corrected chi connectivity index (χ1v) is 31.3. The molecule has 0 aromatic heterocycles. The van der Waals surface area contributed by atoms with Crippen LogP contribution in [0.4, 0.5) is 0 Å². The molecule has 0 fully saturated rings. The number of carboxylic acids is 1. The van der Waals surface area contributed by atoms with Crippen LogP contribution in [-0.2, 0) is 33.3 Å². The first-order chi connectivity index (χ1) is 38.6. The van der Waals surface area contributed by atoms with E-state index in [4.69, 9.17) is 18.9 Å². The van der Waals surface area contributed by atoms with Gasteiger partial charge in [-0.15, -0.1) is 0 Å². The topological polar surface area (TPSA) is 108 Å². The van der Waals surface area contributed by atoms with E-state index >= 15 is 0 Å². The molecule has 0 heterocycles. The smallest absolute Gasteiger partial charge is 0.361 e. The van der Waals surface area contributed by atoms with Crippen molar-refractivity contribution in [3.05, 3.63) is 134 Å². The molecule has 0 spiro atoms. The number of aliphatic carboxylic acids is 1. The molecule has 79 heavy (non-hydrogen) atoms. The number of unbranched alkanes of at least 4 members (excludes halogenated alkanes) is 19. The third-order valence-electron chi connectivity index (χ3n) is 12.9.